The van der Waals surface area contributed by atoms with E-state index in [2.05, 4.69) is 37.1 Å². The Morgan fingerprint density at radius 2 is 1.81 bits per heavy atom. The fourth-order valence-electron chi connectivity index (χ4n) is 5.71. The molecule has 1 N–H and O–H groups in total. The van der Waals surface area contributed by atoms with Gasteiger partial charge in [-0.1, -0.05) is 51.1 Å². The standard InChI is InChI=1S/C31H33N3O3/c1-31(2,3)19-11-12-22-24(17-19)37-25-18-23(32-13-8-16-34-14-6-7-15-34)26-27(28(25)33-22)30(36)21-10-5-4-9-20(21)29(26)35/h4-5,9-12,17-18,27,32H,6-8,13-16H2,1-3H3. The average molecular weight is 496 g/mol. The summed E-state index contributed by atoms with van der Waals surface area (Å²) in [5, 5.41) is 3.49. The minimum atomic E-state index is -0.779. The van der Waals surface area contributed by atoms with Gasteiger partial charge in [-0.2, -0.15) is 0 Å². The molecule has 0 radical (unpaired) electrons. The first-order chi connectivity index (χ1) is 17.8. The van der Waals surface area contributed by atoms with Crippen LogP contribution in [0.2, 0.25) is 0 Å². The maximum atomic E-state index is 13.8. The number of nitrogens with zero attached hydrogens (tertiary/aromatic N) is 2. The van der Waals surface area contributed by atoms with Gasteiger partial charge in [0.25, 0.3) is 0 Å². The van der Waals surface area contributed by atoms with Crippen LogP contribution >= 0.6 is 0 Å². The molecule has 6 rings (SSSR count). The van der Waals surface area contributed by atoms with E-state index in [0.717, 1.165) is 31.6 Å². The zero-order valence-electron chi connectivity index (χ0n) is 21.8. The van der Waals surface area contributed by atoms with Crippen LogP contribution in [0, 0.1) is 5.92 Å². The number of rotatable bonds is 5. The third kappa shape index (κ3) is 4.23. The lowest BCUT2D eigenvalue weighted by molar-refractivity contribution is 0.0908. The minimum absolute atomic E-state index is 0.0338. The molecule has 0 amide bonds. The molecule has 0 spiro atoms. The first-order valence-electron chi connectivity index (χ1n) is 13.3. The zero-order valence-corrected chi connectivity index (χ0v) is 21.8. The molecule has 0 bridgehead atoms. The number of allylic oxidation sites excluding steroid dienone is 3. The van der Waals surface area contributed by atoms with Gasteiger partial charge in [-0.05, 0) is 62.0 Å². The number of hydrogen-bond acceptors (Lipinski definition) is 6. The Bertz CT molecular complexity index is 1390. The van der Waals surface area contributed by atoms with Crippen LogP contribution < -0.4 is 10.1 Å². The van der Waals surface area contributed by atoms with Gasteiger partial charge in [0, 0.05) is 35.0 Å². The number of carbonyl (C=O) groups excluding carboxylic acids is 2. The van der Waals surface area contributed by atoms with Crippen LogP contribution in [-0.4, -0.2) is 48.4 Å². The molecule has 190 valence electrons. The Morgan fingerprint density at radius 1 is 1.05 bits per heavy atom. The van der Waals surface area contributed by atoms with Crippen molar-refractivity contribution in [3.8, 4) is 5.75 Å². The van der Waals surface area contributed by atoms with Crippen molar-refractivity contribution >= 4 is 23.0 Å². The van der Waals surface area contributed by atoms with Gasteiger partial charge in [0.05, 0.1) is 11.6 Å². The fourth-order valence-corrected chi connectivity index (χ4v) is 5.71. The highest BCUT2D eigenvalue weighted by molar-refractivity contribution is 6.33. The van der Waals surface area contributed by atoms with Crippen molar-refractivity contribution in [2.24, 2.45) is 10.9 Å². The second-order valence-electron chi connectivity index (χ2n) is 11.4. The Balaban J connectivity index is 1.39. The number of fused-ring (bicyclic) bond motifs is 5. The molecule has 37 heavy (non-hydrogen) atoms. The van der Waals surface area contributed by atoms with Crippen molar-refractivity contribution in [2.45, 2.75) is 45.4 Å². The van der Waals surface area contributed by atoms with Crippen molar-refractivity contribution in [1.29, 1.82) is 0 Å². The normalized spacial score (nSPS) is 20.9. The summed E-state index contributed by atoms with van der Waals surface area (Å²) in [5.41, 5.74) is 4.37. The van der Waals surface area contributed by atoms with E-state index in [-0.39, 0.29) is 17.0 Å². The van der Waals surface area contributed by atoms with Crippen LogP contribution in [0.4, 0.5) is 5.69 Å². The van der Waals surface area contributed by atoms with Gasteiger partial charge in [0.15, 0.2) is 23.1 Å². The topological polar surface area (TPSA) is 71.0 Å². The molecule has 2 aliphatic heterocycles. The molecule has 2 aromatic rings. The molecule has 6 heteroatoms. The second kappa shape index (κ2) is 9.10. The molecular weight excluding hydrogens is 462 g/mol. The van der Waals surface area contributed by atoms with E-state index in [9.17, 15) is 9.59 Å². The van der Waals surface area contributed by atoms with Gasteiger partial charge in [0.1, 0.15) is 5.69 Å². The van der Waals surface area contributed by atoms with Crippen molar-refractivity contribution < 1.29 is 14.3 Å². The number of aliphatic imine (C=N–C) groups is 1. The Kier molecular flexibility index (Phi) is 5.87. The summed E-state index contributed by atoms with van der Waals surface area (Å²) in [6.07, 6.45) is 5.37. The molecule has 4 aliphatic rings. The summed E-state index contributed by atoms with van der Waals surface area (Å²) in [7, 11) is 0. The van der Waals surface area contributed by atoms with Gasteiger partial charge in [0.2, 0.25) is 0 Å². The van der Waals surface area contributed by atoms with Gasteiger partial charge < -0.3 is 15.0 Å². The van der Waals surface area contributed by atoms with E-state index in [1.165, 1.54) is 12.8 Å². The van der Waals surface area contributed by atoms with E-state index < -0.39 is 5.92 Å². The highest BCUT2D eigenvalue weighted by atomic mass is 16.5. The Morgan fingerprint density at radius 3 is 2.57 bits per heavy atom. The van der Waals surface area contributed by atoms with Crippen LogP contribution in [0.3, 0.4) is 0 Å². The quantitative estimate of drug-likeness (QED) is 0.565. The maximum absolute atomic E-state index is 13.8. The summed E-state index contributed by atoms with van der Waals surface area (Å²) < 4.78 is 6.39. The van der Waals surface area contributed by atoms with Crippen LogP contribution in [0.15, 0.2) is 70.6 Å². The van der Waals surface area contributed by atoms with Gasteiger partial charge in [-0.3, -0.25) is 9.59 Å². The summed E-state index contributed by atoms with van der Waals surface area (Å²) in [4.78, 5) is 34.9. The lowest BCUT2D eigenvalue weighted by Crippen LogP contribution is -2.42. The molecule has 1 saturated heterocycles. The van der Waals surface area contributed by atoms with Crippen molar-refractivity contribution in [2.75, 3.05) is 26.2 Å². The first kappa shape index (κ1) is 23.9. The molecule has 0 aromatic heterocycles. The summed E-state index contributed by atoms with van der Waals surface area (Å²) in [5.74, 6) is 0.210. The second-order valence-corrected chi connectivity index (χ2v) is 11.4. The minimum Gasteiger partial charge on any atom is -0.453 e. The Labute approximate surface area is 218 Å². The van der Waals surface area contributed by atoms with E-state index in [1.807, 2.05) is 24.3 Å². The number of benzene rings is 2. The summed E-state index contributed by atoms with van der Waals surface area (Å²) in [6.45, 7) is 10.5. The predicted molar refractivity (Wildman–Crippen MR) is 145 cm³/mol. The van der Waals surface area contributed by atoms with Gasteiger partial charge in [-0.15, -0.1) is 0 Å². The number of hydrogen-bond donors (Lipinski definition) is 1. The summed E-state index contributed by atoms with van der Waals surface area (Å²) >= 11 is 0. The summed E-state index contributed by atoms with van der Waals surface area (Å²) in [6, 6.07) is 13.1. The average Bonchev–Trinajstić information content (AvgIpc) is 3.41. The van der Waals surface area contributed by atoms with Crippen LogP contribution in [0.1, 0.15) is 66.3 Å². The van der Waals surface area contributed by atoms with Crippen molar-refractivity contribution in [3.63, 3.8) is 0 Å². The number of ether oxygens (including phenoxy) is 1. The van der Waals surface area contributed by atoms with E-state index >= 15 is 0 Å². The molecule has 6 nitrogen and oxygen atoms in total. The number of nitrogens with one attached hydrogen (secondary N) is 1. The van der Waals surface area contributed by atoms with Crippen LogP contribution in [0.25, 0.3) is 0 Å². The lowest BCUT2D eigenvalue weighted by Gasteiger charge is -2.34. The molecule has 2 aliphatic carbocycles. The first-order valence-corrected chi connectivity index (χ1v) is 13.3. The molecule has 1 atom stereocenters. The third-order valence-electron chi connectivity index (χ3n) is 7.78. The van der Waals surface area contributed by atoms with Crippen LogP contribution in [0.5, 0.6) is 5.75 Å². The van der Waals surface area contributed by atoms with Crippen molar-refractivity contribution in [1.82, 2.24) is 10.2 Å². The van der Waals surface area contributed by atoms with E-state index in [1.54, 1.807) is 18.2 Å². The van der Waals surface area contributed by atoms with E-state index in [0.29, 0.717) is 51.8 Å². The molecule has 2 heterocycles. The fraction of sp³-hybridized carbons (Fsp3) is 0.387. The van der Waals surface area contributed by atoms with Crippen molar-refractivity contribution in [3.05, 3.63) is 82.3 Å². The maximum Gasteiger partial charge on any atom is 0.192 e. The molecule has 0 saturated carbocycles. The zero-order chi connectivity index (χ0) is 25.7. The highest BCUT2D eigenvalue weighted by Crippen LogP contribution is 2.44. The Hall–Kier alpha value is -3.51. The van der Waals surface area contributed by atoms with Gasteiger partial charge >= 0.3 is 0 Å². The SMILES string of the molecule is CC(C)(C)c1ccc2c(c1)OC1=CC(NCCCN3CCCC3)=C3C(=O)c4ccccc4C(=O)C3C1=N2. The lowest BCUT2D eigenvalue weighted by atomic mass is 9.72. The number of ketones is 2. The largest absolute Gasteiger partial charge is 0.453 e. The molecule has 1 fully saturated rings. The molecule has 2 aromatic carbocycles. The molecular formula is C31H33N3O3. The number of carbonyl (C=O) groups is 2. The predicted octanol–water partition coefficient (Wildman–Crippen LogP) is 5.37. The monoisotopic (exact) mass is 495 g/mol. The van der Waals surface area contributed by atoms with Crippen LogP contribution in [-0.2, 0) is 5.41 Å². The number of likely N-dealkylation sites (tertiary alicyclic amines) is 1. The highest BCUT2D eigenvalue weighted by Gasteiger charge is 2.46. The third-order valence-corrected chi connectivity index (χ3v) is 7.78. The van der Waals surface area contributed by atoms with Gasteiger partial charge in [-0.25, -0.2) is 4.99 Å². The number of Topliss-reactive ketones (excluding diaryl/α,β-unsaturated/α-hetero) is 2. The van der Waals surface area contributed by atoms with E-state index in [4.69, 9.17) is 9.73 Å². The molecule has 1 unspecified atom stereocenters. The smallest absolute Gasteiger partial charge is 0.192 e.